The second-order valence-electron chi connectivity index (χ2n) is 1.06. The van der Waals surface area contributed by atoms with Crippen LogP contribution in [0, 0.1) is 0 Å². The quantitative estimate of drug-likeness (QED) is 0.347. The first-order chi connectivity index (χ1) is 2.21. The number of hydrogen-bond acceptors (Lipinski definition) is 3. The topological polar surface area (TPSA) is 45.3 Å². The molecular formula is C2H4NiO3Zr. The van der Waals surface area contributed by atoms with E-state index in [1.807, 2.05) is 0 Å². The molecule has 0 aromatic rings. The molecule has 0 spiro atoms. The van der Waals surface area contributed by atoms with E-state index in [-0.39, 0.29) is 42.7 Å². The van der Waals surface area contributed by atoms with Gasteiger partial charge in [0, 0.05) is 49.6 Å². The number of aliphatic hydroxyl groups is 1. The van der Waals surface area contributed by atoms with Crippen molar-refractivity contribution in [2.24, 2.45) is 0 Å². The number of hydrogen-bond donors (Lipinski definition) is 1. The van der Waals surface area contributed by atoms with Crippen molar-refractivity contribution >= 4 is 0 Å². The summed E-state index contributed by atoms with van der Waals surface area (Å²) in [6.45, 7) is 1.41. The summed E-state index contributed by atoms with van der Waals surface area (Å²) < 4.78 is 0. The molecule has 0 bridgehead atoms. The molecule has 0 aliphatic carbocycles. The predicted octanol–water partition coefficient (Wildman–Crippen LogP) is -0.391. The molecule has 0 aromatic carbocycles. The molecule has 44 valence electrons. The Morgan fingerprint density at radius 2 is 1.57 bits per heavy atom. The first kappa shape index (κ1) is 11.1. The Hall–Kier alpha value is 1.26. The van der Waals surface area contributed by atoms with E-state index >= 15 is 0 Å². The molecule has 0 saturated carbocycles. The molecule has 0 aromatic heterocycles. The summed E-state index contributed by atoms with van der Waals surface area (Å²) >= 11 is 0. The van der Waals surface area contributed by atoms with Crippen molar-refractivity contribution in [3.05, 3.63) is 0 Å². The molecule has 1 saturated heterocycles. The van der Waals surface area contributed by atoms with E-state index in [1.165, 1.54) is 6.92 Å². The van der Waals surface area contributed by atoms with Gasteiger partial charge in [-0.25, -0.2) is 0 Å². The van der Waals surface area contributed by atoms with E-state index in [0.29, 0.717) is 0 Å². The van der Waals surface area contributed by atoms with Crippen LogP contribution in [0.25, 0.3) is 0 Å². The monoisotopic (exact) mass is 224 g/mol. The fourth-order valence-electron chi connectivity index (χ4n) is 0.0603. The minimum Gasteiger partial charge on any atom is -0.340 e. The average molecular weight is 226 g/mol. The molecular weight excluding hydrogens is 222 g/mol. The first-order valence-electron chi connectivity index (χ1n) is 1.30. The molecule has 1 aliphatic heterocycles. The Balaban J connectivity index is 0. The first-order valence-corrected chi connectivity index (χ1v) is 1.30. The Bertz CT molecular complexity index is 50.9. The molecule has 0 atom stereocenters. The normalized spacial score (nSPS) is 21.4. The maximum atomic E-state index is 8.19. The summed E-state index contributed by atoms with van der Waals surface area (Å²) in [7, 11) is 0. The van der Waals surface area contributed by atoms with Crippen molar-refractivity contribution in [1.82, 2.24) is 0 Å². The zero-order chi connectivity index (χ0) is 3.91. The molecule has 1 rings (SSSR count). The van der Waals surface area contributed by atoms with Crippen LogP contribution in [0.5, 0.6) is 0 Å². The van der Waals surface area contributed by atoms with Crippen LogP contribution in [0.1, 0.15) is 6.92 Å². The van der Waals surface area contributed by atoms with Crippen LogP contribution < -0.4 is 0 Å². The molecule has 0 radical (unpaired) electrons. The predicted molar refractivity (Wildman–Crippen MR) is 12.8 cm³/mol. The molecule has 5 heteroatoms. The van der Waals surface area contributed by atoms with Crippen molar-refractivity contribution in [1.29, 1.82) is 0 Å². The maximum Gasteiger partial charge on any atom is 0.334 e. The Morgan fingerprint density at radius 1 is 1.43 bits per heavy atom. The summed E-state index contributed by atoms with van der Waals surface area (Å²) in [5.41, 5.74) is 0. The van der Waals surface area contributed by atoms with Gasteiger partial charge in [0.25, 0.3) is 0 Å². The minimum absolute atomic E-state index is 0. The van der Waals surface area contributed by atoms with Gasteiger partial charge >= 0.3 is 5.97 Å². The van der Waals surface area contributed by atoms with Crippen LogP contribution in [-0.4, -0.2) is 11.1 Å². The van der Waals surface area contributed by atoms with Gasteiger partial charge in [-0.2, -0.15) is 9.78 Å². The van der Waals surface area contributed by atoms with E-state index in [9.17, 15) is 0 Å². The summed E-state index contributed by atoms with van der Waals surface area (Å²) in [6.07, 6.45) is 0. The van der Waals surface area contributed by atoms with E-state index < -0.39 is 5.97 Å². The van der Waals surface area contributed by atoms with E-state index in [2.05, 4.69) is 9.78 Å². The zero-order valence-corrected chi connectivity index (χ0v) is 7.03. The molecule has 0 amide bonds. The van der Waals surface area contributed by atoms with Gasteiger partial charge in [-0.15, -0.1) is 0 Å². The van der Waals surface area contributed by atoms with Crippen LogP contribution >= 0.6 is 0 Å². The van der Waals surface area contributed by atoms with E-state index in [1.54, 1.807) is 0 Å². The fourth-order valence-corrected chi connectivity index (χ4v) is 0.0603. The van der Waals surface area contributed by atoms with Crippen molar-refractivity contribution in [3.8, 4) is 0 Å². The second-order valence-corrected chi connectivity index (χ2v) is 1.06. The minimum atomic E-state index is -1.25. The van der Waals surface area contributed by atoms with Gasteiger partial charge in [-0.3, -0.25) is 0 Å². The Kier molecular flexibility index (Phi) is 5.26. The van der Waals surface area contributed by atoms with Gasteiger partial charge in [0.1, 0.15) is 0 Å². The van der Waals surface area contributed by atoms with Gasteiger partial charge < -0.3 is 5.11 Å². The van der Waals surface area contributed by atoms with Crippen LogP contribution in [-0.2, 0) is 52.5 Å². The summed E-state index contributed by atoms with van der Waals surface area (Å²) in [4.78, 5) is 7.90. The molecule has 3 nitrogen and oxygen atoms in total. The van der Waals surface area contributed by atoms with E-state index in [0.717, 1.165) is 0 Å². The summed E-state index contributed by atoms with van der Waals surface area (Å²) in [6, 6.07) is 0. The van der Waals surface area contributed by atoms with E-state index in [4.69, 9.17) is 5.11 Å². The maximum absolute atomic E-state index is 8.19. The SMILES string of the molecule is CC1(O)OO1.[Ni].[Zr]. The fraction of sp³-hybridized carbons (Fsp3) is 1.00. The third kappa shape index (κ3) is 5.12. The van der Waals surface area contributed by atoms with Crippen molar-refractivity contribution in [2.45, 2.75) is 12.9 Å². The summed E-state index contributed by atoms with van der Waals surface area (Å²) in [5.74, 6) is -1.25. The van der Waals surface area contributed by atoms with Crippen molar-refractivity contribution in [2.75, 3.05) is 0 Å². The largest absolute Gasteiger partial charge is 0.340 e. The number of rotatable bonds is 0. The second kappa shape index (κ2) is 3.32. The van der Waals surface area contributed by atoms with Gasteiger partial charge in [0.2, 0.25) is 0 Å². The molecule has 7 heavy (non-hydrogen) atoms. The molecule has 1 heterocycles. The third-order valence-electron chi connectivity index (χ3n) is 0.325. The third-order valence-corrected chi connectivity index (χ3v) is 0.325. The zero-order valence-electron chi connectivity index (χ0n) is 3.58. The standard InChI is InChI=1S/C2H4O3.Ni.Zr/c1-2(3)4-5-2;;/h3H,1H3;;. The van der Waals surface area contributed by atoms with Gasteiger partial charge in [0.15, 0.2) is 0 Å². The summed E-state index contributed by atoms with van der Waals surface area (Å²) in [5, 5.41) is 8.19. The van der Waals surface area contributed by atoms with Crippen LogP contribution in [0.3, 0.4) is 0 Å². The Morgan fingerprint density at radius 3 is 1.57 bits per heavy atom. The van der Waals surface area contributed by atoms with Gasteiger partial charge in [0.05, 0.1) is 0 Å². The average Bonchev–Trinajstić information content (AvgIpc) is 1.76. The smallest absolute Gasteiger partial charge is 0.334 e. The van der Waals surface area contributed by atoms with Crippen molar-refractivity contribution < 1.29 is 57.6 Å². The van der Waals surface area contributed by atoms with Gasteiger partial charge in [-0.05, 0) is 0 Å². The van der Waals surface area contributed by atoms with Gasteiger partial charge in [-0.1, -0.05) is 0 Å². The molecule has 0 unspecified atom stereocenters. The molecule has 1 aliphatic rings. The molecule has 1 fully saturated rings. The van der Waals surface area contributed by atoms with Crippen molar-refractivity contribution in [3.63, 3.8) is 0 Å². The molecule has 1 N–H and O–H groups in total. The Labute approximate surface area is 70.3 Å². The van der Waals surface area contributed by atoms with Crippen LogP contribution in [0.15, 0.2) is 0 Å². The van der Waals surface area contributed by atoms with Crippen LogP contribution in [0.2, 0.25) is 0 Å². The van der Waals surface area contributed by atoms with Crippen LogP contribution in [0.4, 0.5) is 0 Å².